The van der Waals surface area contributed by atoms with Crippen LogP contribution in [0.2, 0.25) is 0 Å². The molecule has 140 valence electrons. The molecule has 1 spiro atoms. The predicted octanol–water partition coefficient (Wildman–Crippen LogP) is 2.39. The van der Waals surface area contributed by atoms with Crippen LogP contribution in [0.15, 0.2) is 54.6 Å². The van der Waals surface area contributed by atoms with Crippen molar-refractivity contribution in [1.29, 1.82) is 0 Å². The standard InChI is InChI=1S/C21H22FN3O2/c1-23-13-19(26)25(18-5-3-2-4-6-18)15-21(23)11-12-24(14-21)20(27)16-7-9-17(22)10-8-16/h2-10H,11-15H2,1H3/t21-/m0/s1. The Morgan fingerprint density at radius 1 is 1.04 bits per heavy atom. The number of para-hydroxylation sites is 1. The van der Waals surface area contributed by atoms with Gasteiger partial charge in [0.15, 0.2) is 0 Å². The summed E-state index contributed by atoms with van der Waals surface area (Å²) in [6, 6.07) is 15.3. The van der Waals surface area contributed by atoms with Gasteiger partial charge in [-0.25, -0.2) is 4.39 Å². The van der Waals surface area contributed by atoms with E-state index in [-0.39, 0.29) is 23.2 Å². The number of carbonyl (C=O) groups is 2. The molecule has 1 atom stereocenters. The van der Waals surface area contributed by atoms with Gasteiger partial charge in [-0.1, -0.05) is 18.2 Å². The van der Waals surface area contributed by atoms with E-state index in [1.54, 1.807) is 0 Å². The van der Waals surface area contributed by atoms with Crippen LogP contribution in [0.25, 0.3) is 0 Å². The minimum absolute atomic E-state index is 0.0673. The van der Waals surface area contributed by atoms with Crippen molar-refractivity contribution in [3.63, 3.8) is 0 Å². The van der Waals surface area contributed by atoms with Gasteiger partial charge in [0.25, 0.3) is 5.91 Å². The average Bonchev–Trinajstić information content (AvgIpc) is 3.11. The lowest BCUT2D eigenvalue weighted by molar-refractivity contribution is -0.123. The maximum Gasteiger partial charge on any atom is 0.253 e. The van der Waals surface area contributed by atoms with E-state index in [1.165, 1.54) is 24.3 Å². The molecule has 4 rings (SSSR count). The summed E-state index contributed by atoms with van der Waals surface area (Å²) in [5.74, 6) is -0.380. The zero-order chi connectivity index (χ0) is 19.0. The molecule has 0 bridgehead atoms. The van der Waals surface area contributed by atoms with E-state index in [0.29, 0.717) is 31.7 Å². The molecule has 0 aromatic heterocycles. The van der Waals surface area contributed by atoms with Crippen molar-refractivity contribution in [2.45, 2.75) is 12.0 Å². The Bertz CT molecular complexity index is 855. The lowest BCUT2D eigenvalue weighted by Gasteiger charge is -2.46. The maximum atomic E-state index is 13.1. The molecule has 0 N–H and O–H groups in total. The van der Waals surface area contributed by atoms with Gasteiger partial charge in [-0.05, 0) is 49.9 Å². The van der Waals surface area contributed by atoms with Crippen LogP contribution in [-0.4, -0.2) is 60.4 Å². The SMILES string of the molecule is CN1CC(=O)N(c2ccccc2)C[C@@]12CCN(C(=O)c1ccc(F)cc1)C2. The van der Waals surface area contributed by atoms with Gasteiger partial charge in [-0.3, -0.25) is 14.5 Å². The maximum absolute atomic E-state index is 13.1. The molecule has 2 saturated heterocycles. The minimum atomic E-state index is -0.353. The molecule has 5 nitrogen and oxygen atoms in total. The number of likely N-dealkylation sites (N-methyl/N-ethyl adjacent to an activating group) is 1. The molecule has 0 radical (unpaired) electrons. The van der Waals surface area contributed by atoms with Crippen molar-refractivity contribution in [2.24, 2.45) is 0 Å². The second kappa shape index (κ2) is 6.78. The molecule has 2 fully saturated rings. The Morgan fingerprint density at radius 3 is 2.44 bits per heavy atom. The number of hydrogen-bond acceptors (Lipinski definition) is 3. The number of benzene rings is 2. The number of amides is 2. The summed E-state index contributed by atoms with van der Waals surface area (Å²) in [6.45, 7) is 2.06. The molecule has 2 aromatic rings. The van der Waals surface area contributed by atoms with Crippen molar-refractivity contribution in [1.82, 2.24) is 9.80 Å². The average molecular weight is 367 g/mol. The predicted molar refractivity (Wildman–Crippen MR) is 101 cm³/mol. The number of likely N-dealkylation sites (tertiary alicyclic amines) is 1. The molecule has 2 heterocycles. The summed E-state index contributed by atoms with van der Waals surface area (Å²) < 4.78 is 13.1. The van der Waals surface area contributed by atoms with E-state index < -0.39 is 0 Å². The van der Waals surface area contributed by atoms with E-state index in [0.717, 1.165) is 12.1 Å². The van der Waals surface area contributed by atoms with E-state index in [2.05, 4.69) is 4.90 Å². The molecule has 6 heteroatoms. The first-order valence-corrected chi connectivity index (χ1v) is 9.10. The van der Waals surface area contributed by atoms with Crippen LogP contribution in [0.3, 0.4) is 0 Å². The molecule has 0 aliphatic carbocycles. The fourth-order valence-electron chi connectivity index (χ4n) is 4.05. The van der Waals surface area contributed by atoms with Gasteiger partial charge in [0.2, 0.25) is 5.91 Å². The number of halogens is 1. The number of anilines is 1. The van der Waals surface area contributed by atoms with Crippen LogP contribution in [0.5, 0.6) is 0 Å². The lowest BCUT2D eigenvalue weighted by Crippen LogP contribution is -2.64. The summed E-state index contributed by atoms with van der Waals surface area (Å²) in [4.78, 5) is 31.1. The van der Waals surface area contributed by atoms with E-state index in [1.807, 2.05) is 47.2 Å². The first-order valence-electron chi connectivity index (χ1n) is 9.10. The monoisotopic (exact) mass is 367 g/mol. The van der Waals surface area contributed by atoms with Gasteiger partial charge in [0.1, 0.15) is 5.82 Å². The van der Waals surface area contributed by atoms with E-state index >= 15 is 0 Å². The van der Waals surface area contributed by atoms with Crippen molar-refractivity contribution < 1.29 is 14.0 Å². The van der Waals surface area contributed by atoms with E-state index in [4.69, 9.17) is 0 Å². The lowest BCUT2D eigenvalue weighted by atomic mass is 9.92. The summed E-state index contributed by atoms with van der Waals surface area (Å²) in [5.41, 5.74) is 1.11. The Kier molecular flexibility index (Phi) is 4.44. The fraction of sp³-hybridized carbons (Fsp3) is 0.333. The number of rotatable bonds is 2. The summed E-state index contributed by atoms with van der Waals surface area (Å²) in [6.07, 6.45) is 0.799. The quantitative estimate of drug-likeness (QED) is 0.819. The third-order valence-corrected chi connectivity index (χ3v) is 5.71. The molecular formula is C21H22FN3O2. The molecule has 2 amide bonds. The molecule has 2 aliphatic rings. The smallest absolute Gasteiger partial charge is 0.253 e. The Labute approximate surface area is 158 Å². The normalized spacial score (nSPS) is 23.3. The van der Waals surface area contributed by atoms with Crippen molar-refractivity contribution in [3.05, 3.63) is 66.0 Å². The van der Waals surface area contributed by atoms with Crippen LogP contribution in [-0.2, 0) is 4.79 Å². The second-order valence-electron chi connectivity index (χ2n) is 7.38. The van der Waals surface area contributed by atoms with Gasteiger partial charge < -0.3 is 9.80 Å². The Hall–Kier alpha value is -2.73. The topological polar surface area (TPSA) is 43.9 Å². The number of nitrogens with zero attached hydrogens (tertiary/aromatic N) is 3. The zero-order valence-corrected chi connectivity index (χ0v) is 15.3. The molecule has 2 aliphatic heterocycles. The van der Waals surface area contributed by atoms with Crippen molar-refractivity contribution in [3.8, 4) is 0 Å². The van der Waals surface area contributed by atoms with Crippen LogP contribution in [0.4, 0.5) is 10.1 Å². The van der Waals surface area contributed by atoms with Gasteiger partial charge in [0.05, 0.1) is 12.1 Å². The molecule has 2 aromatic carbocycles. The van der Waals surface area contributed by atoms with Crippen LogP contribution in [0.1, 0.15) is 16.8 Å². The Morgan fingerprint density at radius 2 is 1.74 bits per heavy atom. The molecule has 0 unspecified atom stereocenters. The highest BCUT2D eigenvalue weighted by Crippen LogP contribution is 2.34. The highest BCUT2D eigenvalue weighted by Gasteiger charge is 2.48. The second-order valence-corrected chi connectivity index (χ2v) is 7.38. The number of hydrogen-bond donors (Lipinski definition) is 0. The largest absolute Gasteiger partial charge is 0.337 e. The van der Waals surface area contributed by atoms with Gasteiger partial charge in [-0.15, -0.1) is 0 Å². The first kappa shape index (κ1) is 17.7. The minimum Gasteiger partial charge on any atom is -0.337 e. The van der Waals surface area contributed by atoms with Gasteiger partial charge in [-0.2, -0.15) is 0 Å². The number of carbonyl (C=O) groups excluding carboxylic acids is 2. The summed E-state index contributed by atoms with van der Waals surface area (Å²) >= 11 is 0. The van der Waals surface area contributed by atoms with Crippen LogP contribution >= 0.6 is 0 Å². The first-order chi connectivity index (χ1) is 13.0. The third-order valence-electron chi connectivity index (χ3n) is 5.71. The highest BCUT2D eigenvalue weighted by atomic mass is 19.1. The van der Waals surface area contributed by atoms with E-state index in [9.17, 15) is 14.0 Å². The third kappa shape index (κ3) is 3.21. The van der Waals surface area contributed by atoms with Gasteiger partial charge in [0, 0.05) is 30.9 Å². The van der Waals surface area contributed by atoms with Crippen LogP contribution < -0.4 is 4.90 Å². The van der Waals surface area contributed by atoms with Crippen LogP contribution in [0, 0.1) is 5.82 Å². The molecule has 0 saturated carbocycles. The van der Waals surface area contributed by atoms with Crippen molar-refractivity contribution >= 4 is 17.5 Å². The zero-order valence-electron chi connectivity index (χ0n) is 15.3. The highest BCUT2D eigenvalue weighted by molar-refractivity contribution is 5.96. The summed E-state index contributed by atoms with van der Waals surface area (Å²) in [7, 11) is 1.95. The molecular weight excluding hydrogens is 345 g/mol. The fourth-order valence-corrected chi connectivity index (χ4v) is 4.05. The Balaban J connectivity index is 1.55. The van der Waals surface area contributed by atoms with Gasteiger partial charge >= 0.3 is 0 Å². The van der Waals surface area contributed by atoms with Crippen molar-refractivity contribution in [2.75, 3.05) is 38.1 Å². The molecule has 27 heavy (non-hydrogen) atoms. The number of piperazine rings is 1. The summed E-state index contributed by atoms with van der Waals surface area (Å²) in [5, 5.41) is 0.